The van der Waals surface area contributed by atoms with E-state index in [0.717, 1.165) is 37.8 Å². The Morgan fingerprint density at radius 3 is 2.38 bits per heavy atom. The normalized spacial score (nSPS) is 17.2. The predicted molar refractivity (Wildman–Crippen MR) is 110 cm³/mol. The molecule has 146 valence electrons. The van der Waals surface area contributed by atoms with Crippen LogP contribution in [0.4, 0.5) is 0 Å². The third-order valence-corrected chi connectivity index (χ3v) is 5.57. The van der Waals surface area contributed by atoms with Gasteiger partial charge in [-0.25, -0.2) is 0 Å². The Bertz CT molecular complexity index is 566. The van der Waals surface area contributed by atoms with Gasteiger partial charge in [0, 0.05) is 25.8 Å². The lowest BCUT2D eigenvalue weighted by Crippen LogP contribution is -2.39. The van der Waals surface area contributed by atoms with Gasteiger partial charge >= 0.3 is 0 Å². The number of methoxy groups -OCH3 is 1. The molecule has 0 radical (unpaired) electrons. The first kappa shape index (κ1) is 21.0. The van der Waals surface area contributed by atoms with Crippen LogP contribution in [0.5, 0.6) is 5.75 Å². The molecule has 1 fully saturated rings. The van der Waals surface area contributed by atoms with Crippen LogP contribution in [0, 0.1) is 5.92 Å². The highest BCUT2D eigenvalue weighted by molar-refractivity contribution is 5.32. The summed E-state index contributed by atoms with van der Waals surface area (Å²) in [6.45, 7) is 12.1. The standard InChI is InChI=1S/C23H37NO2/c1-18(2)15-21(24(5)17-19-11-13-26-14-12-19)16-23(3,4)20-7-9-22(25-6)10-8-20/h7-10,15,19,21H,11-14,16-17H2,1-6H3. The summed E-state index contributed by atoms with van der Waals surface area (Å²) in [5, 5.41) is 0. The van der Waals surface area contributed by atoms with E-state index in [9.17, 15) is 0 Å². The molecular weight excluding hydrogens is 322 g/mol. The number of nitrogens with zero attached hydrogens (tertiary/aromatic N) is 1. The van der Waals surface area contributed by atoms with Crippen molar-refractivity contribution >= 4 is 0 Å². The van der Waals surface area contributed by atoms with Crippen LogP contribution in [0.2, 0.25) is 0 Å². The van der Waals surface area contributed by atoms with Gasteiger partial charge in [0.05, 0.1) is 7.11 Å². The molecule has 0 N–H and O–H groups in total. The maximum absolute atomic E-state index is 5.52. The molecule has 3 nitrogen and oxygen atoms in total. The van der Waals surface area contributed by atoms with Gasteiger partial charge in [0.2, 0.25) is 0 Å². The number of hydrogen-bond donors (Lipinski definition) is 0. The first-order valence-corrected chi connectivity index (χ1v) is 9.89. The van der Waals surface area contributed by atoms with E-state index in [2.05, 4.69) is 70.0 Å². The molecule has 1 heterocycles. The maximum Gasteiger partial charge on any atom is 0.118 e. The van der Waals surface area contributed by atoms with Gasteiger partial charge in [-0.2, -0.15) is 0 Å². The summed E-state index contributed by atoms with van der Waals surface area (Å²) < 4.78 is 10.8. The van der Waals surface area contributed by atoms with E-state index < -0.39 is 0 Å². The van der Waals surface area contributed by atoms with E-state index in [1.807, 2.05) is 0 Å². The fourth-order valence-corrected chi connectivity index (χ4v) is 3.88. The van der Waals surface area contributed by atoms with Crippen molar-refractivity contribution in [1.29, 1.82) is 0 Å². The molecule has 0 spiro atoms. The monoisotopic (exact) mass is 359 g/mol. The molecule has 1 aromatic rings. The van der Waals surface area contributed by atoms with Crippen molar-refractivity contribution in [3.8, 4) is 5.75 Å². The summed E-state index contributed by atoms with van der Waals surface area (Å²) in [5.41, 5.74) is 2.86. The van der Waals surface area contributed by atoms with E-state index in [-0.39, 0.29) is 5.41 Å². The Kier molecular flexibility index (Phi) is 7.72. The van der Waals surface area contributed by atoms with Crippen LogP contribution in [0.1, 0.15) is 52.5 Å². The van der Waals surface area contributed by atoms with Gasteiger partial charge in [-0.05, 0) is 69.2 Å². The maximum atomic E-state index is 5.52. The van der Waals surface area contributed by atoms with Crippen LogP contribution in [-0.2, 0) is 10.2 Å². The van der Waals surface area contributed by atoms with Crippen LogP contribution in [0.3, 0.4) is 0 Å². The molecule has 0 aromatic heterocycles. The SMILES string of the molecule is COc1ccc(C(C)(C)CC(C=C(C)C)N(C)CC2CCOCC2)cc1. The molecule has 1 aromatic carbocycles. The number of ether oxygens (including phenoxy) is 2. The summed E-state index contributed by atoms with van der Waals surface area (Å²) >= 11 is 0. The topological polar surface area (TPSA) is 21.7 Å². The van der Waals surface area contributed by atoms with E-state index in [0.29, 0.717) is 6.04 Å². The van der Waals surface area contributed by atoms with Crippen molar-refractivity contribution in [3.63, 3.8) is 0 Å². The van der Waals surface area contributed by atoms with Crippen LogP contribution >= 0.6 is 0 Å². The molecule has 0 saturated carbocycles. The Morgan fingerprint density at radius 2 is 1.85 bits per heavy atom. The van der Waals surface area contributed by atoms with E-state index in [4.69, 9.17) is 9.47 Å². The van der Waals surface area contributed by atoms with Gasteiger partial charge in [0.15, 0.2) is 0 Å². The number of hydrogen-bond acceptors (Lipinski definition) is 3. The van der Waals surface area contributed by atoms with Crippen LogP contribution in [-0.4, -0.2) is 44.9 Å². The summed E-state index contributed by atoms with van der Waals surface area (Å²) in [6.07, 6.45) is 5.91. The summed E-state index contributed by atoms with van der Waals surface area (Å²) in [7, 11) is 4.00. The van der Waals surface area contributed by atoms with Gasteiger partial charge in [-0.3, -0.25) is 4.90 Å². The third-order valence-electron chi connectivity index (χ3n) is 5.57. The van der Waals surface area contributed by atoms with E-state index in [1.54, 1.807) is 7.11 Å². The van der Waals surface area contributed by atoms with Crippen molar-refractivity contribution in [2.24, 2.45) is 5.92 Å². The van der Waals surface area contributed by atoms with Crippen LogP contribution in [0.25, 0.3) is 0 Å². The van der Waals surface area contributed by atoms with Crippen LogP contribution in [0.15, 0.2) is 35.9 Å². The Morgan fingerprint density at radius 1 is 1.23 bits per heavy atom. The first-order valence-electron chi connectivity index (χ1n) is 9.89. The van der Waals surface area contributed by atoms with E-state index >= 15 is 0 Å². The van der Waals surface area contributed by atoms with E-state index in [1.165, 1.54) is 24.0 Å². The number of likely N-dealkylation sites (N-methyl/N-ethyl adjacent to an activating group) is 1. The molecule has 1 aliphatic heterocycles. The molecule has 3 heteroatoms. The van der Waals surface area contributed by atoms with Gasteiger partial charge in [-0.1, -0.05) is 37.6 Å². The minimum absolute atomic E-state index is 0.104. The molecular formula is C23H37NO2. The van der Waals surface area contributed by atoms with Gasteiger partial charge < -0.3 is 9.47 Å². The zero-order chi connectivity index (χ0) is 19.2. The Labute approximate surface area is 160 Å². The highest BCUT2D eigenvalue weighted by atomic mass is 16.5. The second-order valence-corrected chi connectivity index (χ2v) is 8.62. The summed E-state index contributed by atoms with van der Waals surface area (Å²) in [5.74, 6) is 1.67. The molecule has 1 unspecified atom stereocenters. The average molecular weight is 360 g/mol. The molecule has 1 aliphatic rings. The second kappa shape index (κ2) is 9.57. The Balaban J connectivity index is 2.10. The number of rotatable bonds is 8. The lowest BCUT2D eigenvalue weighted by molar-refractivity contribution is 0.0513. The van der Waals surface area contributed by atoms with Crippen molar-refractivity contribution in [3.05, 3.63) is 41.5 Å². The fraction of sp³-hybridized carbons (Fsp3) is 0.652. The Hall–Kier alpha value is -1.32. The quantitative estimate of drug-likeness (QED) is 0.606. The summed E-state index contributed by atoms with van der Waals surface area (Å²) in [6, 6.07) is 8.99. The number of benzene rings is 1. The highest BCUT2D eigenvalue weighted by Gasteiger charge is 2.28. The largest absolute Gasteiger partial charge is 0.497 e. The zero-order valence-electron chi connectivity index (χ0n) is 17.5. The van der Waals surface area contributed by atoms with Gasteiger partial charge in [-0.15, -0.1) is 0 Å². The van der Waals surface area contributed by atoms with Crippen molar-refractivity contribution < 1.29 is 9.47 Å². The molecule has 1 saturated heterocycles. The minimum Gasteiger partial charge on any atom is -0.497 e. The third kappa shape index (κ3) is 6.14. The van der Waals surface area contributed by atoms with Crippen LogP contribution < -0.4 is 4.74 Å². The average Bonchev–Trinajstić information content (AvgIpc) is 2.61. The molecule has 1 atom stereocenters. The first-order chi connectivity index (χ1) is 12.3. The molecule has 0 aliphatic carbocycles. The molecule has 26 heavy (non-hydrogen) atoms. The van der Waals surface area contributed by atoms with Gasteiger partial charge in [0.1, 0.15) is 5.75 Å². The molecule has 0 bridgehead atoms. The lowest BCUT2D eigenvalue weighted by atomic mass is 9.78. The lowest BCUT2D eigenvalue weighted by Gasteiger charge is -2.36. The predicted octanol–water partition coefficient (Wildman–Crippen LogP) is 5.06. The van der Waals surface area contributed by atoms with Crippen molar-refractivity contribution in [2.45, 2.75) is 58.4 Å². The smallest absolute Gasteiger partial charge is 0.118 e. The second-order valence-electron chi connectivity index (χ2n) is 8.62. The fourth-order valence-electron chi connectivity index (χ4n) is 3.88. The summed E-state index contributed by atoms with van der Waals surface area (Å²) in [4.78, 5) is 2.55. The zero-order valence-corrected chi connectivity index (χ0v) is 17.5. The molecule has 2 rings (SSSR count). The van der Waals surface area contributed by atoms with Crippen molar-refractivity contribution in [2.75, 3.05) is 33.9 Å². The number of allylic oxidation sites excluding steroid dienone is 1. The molecule has 0 amide bonds. The van der Waals surface area contributed by atoms with Crippen molar-refractivity contribution in [1.82, 2.24) is 4.90 Å². The highest BCUT2D eigenvalue weighted by Crippen LogP contribution is 2.32. The van der Waals surface area contributed by atoms with Gasteiger partial charge in [0.25, 0.3) is 0 Å². The minimum atomic E-state index is 0.104.